The number of thiazole rings is 1. The van der Waals surface area contributed by atoms with Gasteiger partial charge in [-0.25, -0.2) is 4.98 Å². The van der Waals surface area contributed by atoms with E-state index in [1.165, 1.54) is 4.88 Å². The highest BCUT2D eigenvalue weighted by Gasteiger charge is 2.13. The molecule has 1 unspecified atom stereocenters. The summed E-state index contributed by atoms with van der Waals surface area (Å²) in [7, 11) is 0. The molecule has 1 aromatic carbocycles. The first-order valence-electron chi connectivity index (χ1n) is 6.40. The van der Waals surface area contributed by atoms with Crippen molar-refractivity contribution in [3.63, 3.8) is 0 Å². The molecule has 0 aliphatic rings. The van der Waals surface area contributed by atoms with Crippen molar-refractivity contribution < 1.29 is 4.74 Å². The van der Waals surface area contributed by atoms with Crippen LogP contribution in [0.15, 0.2) is 24.3 Å². The maximum Gasteiger partial charge on any atom is 0.174 e. The molecule has 1 aromatic heterocycles. The Labute approximate surface area is 123 Å². The standard InChI is InChI=1S/C15H17N3OS/c1-10(15-11(2)20-12(3)18-15)17-13-5-4-6-14(9-13)19-8-7-16/h4-6,9-10,17H,8H2,1-3H3. The maximum atomic E-state index is 8.53. The number of aryl methyl sites for hydroxylation is 2. The monoisotopic (exact) mass is 287 g/mol. The molecule has 0 saturated carbocycles. The van der Waals surface area contributed by atoms with Gasteiger partial charge < -0.3 is 10.1 Å². The predicted octanol–water partition coefficient (Wildman–Crippen LogP) is 3.84. The molecule has 0 aliphatic heterocycles. The largest absolute Gasteiger partial charge is 0.479 e. The second-order valence-electron chi connectivity index (χ2n) is 4.51. The van der Waals surface area contributed by atoms with E-state index >= 15 is 0 Å². The molecular formula is C15H17N3OS. The van der Waals surface area contributed by atoms with Crippen molar-refractivity contribution in [2.45, 2.75) is 26.8 Å². The van der Waals surface area contributed by atoms with E-state index in [1.807, 2.05) is 37.3 Å². The van der Waals surface area contributed by atoms with E-state index in [9.17, 15) is 0 Å². The molecule has 0 amide bonds. The van der Waals surface area contributed by atoms with Gasteiger partial charge in [0.1, 0.15) is 11.8 Å². The number of nitriles is 1. The highest BCUT2D eigenvalue weighted by atomic mass is 32.1. The van der Waals surface area contributed by atoms with Gasteiger partial charge in [-0.2, -0.15) is 5.26 Å². The van der Waals surface area contributed by atoms with Crippen LogP contribution in [0.25, 0.3) is 0 Å². The van der Waals surface area contributed by atoms with Gasteiger partial charge in [-0.3, -0.25) is 0 Å². The molecular weight excluding hydrogens is 270 g/mol. The Morgan fingerprint density at radius 2 is 2.25 bits per heavy atom. The molecule has 20 heavy (non-hydrogen) atoms. The third-order valence-electron chi connectivity index (χ3n) is 2.87. The molecule has 0 spiro atoms. The summed E-state index contributed by atoms with van der Waals surface area (Å²) < 4.78 is 5.30. The smallest absolute Gasteiger partial charge is 0.174 e. The second kappa shape index (κ2) is 6.40. The minimum absolute atomic E-state index is 0.0589. The first-order valence-corrected chi connectivity index (χ1v) is 7.22. The van der Waals surface area contributed by atoms with Crippen molar-refractivity contribution in [1.82, 2.24) is 4.98 Å². The average Bonchev–Trinajstić information content (AvgIpc) is 2.76. The van der Waals surface area contributed by atoms with Crippen LogP contribution in [-0.4, -0.2) is 11.6 Å². The fourth-order valence-electron chi connectivity index (χ4n) is 2.06. The summed E-state index contributed by atoms with van der Waals surface area (Å²) in [4.78, 5) is 5.80. The summed E-state index contributed by atoms with van der Waals surface area (Å²) in [5.74, 6) is 0.690. The van der Waals surface area contributed by atoms with E-state index in [-0.39, 0.29) is 12.6 Å². The molecule has 0 aliphatic carbocycles. The van der Waals surface area contributed by atoms with Crippen LogP contribution in [0.4, 0.5) is 5.69 Å². The first-order chi connectivity index (χ1) is 9.60. The van der Waals surface area contributed by atoms with Crippen LogP contribution < -0.4 is 10.1 Å². The molecule has 104 valence electrons. The summed E-state index contributed by atoms with van der Waals surface area (Å²) in [6, 6.07) is 9.70. The van der Waals surface area contributed by atoms with Crippen molar-refractivity contribution in [3.05, 3.63) is 39.8 Å². The molecule has 1 heterocycles. The molecule has 2 aromatic rings. The van der Waals surface area contributed by atoms with E-state index in [2.05, 4.69) is 24.1 Å². The van der Waals surface area contributed by atoms with Crippen LogP contribution in [0.3, 0.4) is 0 Å². The Morgan fingerprint density at radius 1 is 1.45 bits per heavy atom. The number of ether oxygens (including phenoxy) is 1. The van der Waals surface area contributed by atoms with Gasteiger partial charge in [0.2, 0.25) is 0 Å². The normalized spacial score (nSPS) is 11.7. The van der Waals surface area contributed by atoms with Gasteiger partial charge in [0.05, 0.1) is 16.7 Å². The summed E-state index contributed by atoms with van der Waals surface area (Å²) in [5.41, 5.74) is 2.04. The van der Waals surface area contributed by atoms with Crippen molar-refractivity contribution in [2.75, 3.05) is 11.9 Å². The zero-order valence-corrected chi connectivity index (χ0v) is 12.6. The Morgan fingerprint density at radius 3 is 2.90 bits per heavy atom. The molecule has 0 fully saturated rings. The van der Waals surface area contributed by atoms with Gasteiger partial charge in [-0.05, 0) is 32.9 Å². The lowest BCUT2D eigenvalue weighted by Crippen LogP contribution is -2.08. The van der Waals surface area contributed by atoms with Crippen LogP contribution in [0.5, 0.6) is 5.75 Å². The Bertz CT molecular complexity index is 630. The highest BCUT2D eigenvalue weighted by molar-refractivity contribution is 7.11. The molecule has 1 N–H and O–H groups in total. The van der Waals surface area contributed by atoms with E-state index in [4.69, 9.17) is 10.00 Å². The summed E-state index contributed by atoms with van der Waals surface area (Å²) in [5, 5.41) is 13.0. The quantitative estimate of drug-likeness (QED) is 0.907. The number of hydrogen-bond donors (Lipinski definition) is 1. The molecule has 0 saturated heterocycles. The van der Waals surface area contributed by atoms with Gasteiger partial charge in [-0.15, -0.1) is 11.3 Å². The van der Waals surface area contributed by atoms with Gasteiger partial charge in [-0.1, -0.05) is 6.07 Å². The highest BCUT2D eigenvalue weighted by Crippen LogP contribution is 2.26. The lowest BCUT2D eigenvalue weighted by Gasteiger charge is -2.15. The Kier molecular flexibility index (Phi) is 4.59. The molecule has 0 radical (unpaired) electrons. The third kappa shape index (κ3) is 3.49. The summed E-state index contributed by atoms with van der Waals surface area (Å²) >= 11 is 1.71. The Balaban J connectivity index is 2.09. The molecule has 2 rings (SSSR count). The maximum absolute atomic E-state index is 8.53. The van der Waals surface area contributed by atoms with E-state index < -0.39 is 0 Å². The van der Waals surface area contributed by atoms with Gasteiger partial charge >= 0.3 is 0 Å². The fourth-order valence-corrected chi connectivity index (χ4v) is 2.97. The molecule has 1 atom stereocenters. The second-order valence-corrected chi connectivity index (χ2v) is 5.92. The van der Waals surface area contributed by atoms with Crippen LogP contribution in [0.1, 0.15) is 28.5 Å². The minimum Gasteiger partial charge on any atom is -0.479 e. The fraction of sp³-hybridized carbons (Fsp3) is 0.333. The van der Waals surface area contributed by atoms with Crippen LogP contribution >= 0.6 is 11.3 Å². The SMILES string of the molecule is Cc1nc(C(C)Nc2cccc(OCC#N)c2)c(C)s1. The number of nitrogens with one attached hydrogen (secondary N) is 1. The predicted molar refractivity (Wildman–Crippen MR) is 81.2 cm³/mol. The van der Waals surface area contributed by atoms with Crippen molar-refractivity contribution in [3.8, 4) is 11.8 Å². The lowest BCUT2D eigenvalue weighted by molar-refractivity contribution is 0.368. The van der Waals surface area contributed by atoms with E-state index in [0.717, 1.165) is 16.4 Å². The van der Waals surface area contributed by atoms with Crippen molar-refractivity contribution >= 4 is 17.0 Å². The van der Waals surface area contributed by atoms with Crippen LogP contribution in [0, 0.1) is 25.2 Å². The number of anilines is 1. The summed E-state index contributed by atoms with van der Waals surface area (Å²) in [6.07, 6.45) is 0. The van der Waals surface area contributed by atoms with Crippen LogP contribution in [0.2, 0.25) is 0 Å². The lowest BCUT2D eigenvalue weighted by atomic mass is 10.2. The number of nitrogens with zero attached hydrogens (tertiary/aromatic N) is 2. The number of hydrogen-bond acceptors (Lipinski definition) is 5. The van der Waals surface area contributed by atoms with Gasteiger partial charge in [0.15, 0.2) is 6.61 Å². The number of aromatic nitrogens is 1. The van der Waals surface area contributed by atoms with Crippen LogP contribution in [-0.2, 0) is 0 Å². The molecule has 4 nitrogen and oxygen atoms in total. The molecule has 5 heteroatoms. The number of benzene rings is 1. The van der Waals surface area contributed by atoms with E-state index in [1.54, 1.807) is 11.3 Å². The topological polar surface area (TPSA) is 57.9 Å². The van der Waals surface area contributed by atoms with Gasteiger partial charge in [0, 0.05) is 16.6 Å². The molecule has 0 bridgehead atoms. The summed E-state index contributed by atoms with van der Waals surface area (Å²) in [6.45, 7) is 6.25. The zero-order chi connectivity index (χ0) is 14.5. The minimum atomic E-state index is 0.0589. The number of rotatable bonds is 5. The van der Waals surface area contributed by atoms with Gasteiger partial charge in [0.25, 0.3) is 0 Å². The van der Waals surface area contributed by atoms with E-state index in [0.29, 0.717) is 5.75 Å². The average molecular weight is 287 g/mol. The zero-order valence-electron chi connectivity index (χ0n) is 11.8. The first kappa shape index (κ1) is 14.4. The van der Waals surface area contributed by atoms with Crippen molar-refractivity contribution in [2.24, 2.45) is 0 Å². The third-order valence-corrected chi connectivity index (χ3v) is 3.77. The van der Waals surface area contributed by atoms with Crippen molar-refractivity contribution in [1.29, 1.82) is 5.26 Å². The Hall–Kier alpha value is -2.06.